The number of carbonyl (C=O) groups is 1. The molecule has 3 aromatic rings. The zero-order chi connectivity index (χ0) is 32.9. The van der Waals surface area contributed by atoms with Crippen LogP contribution in [0, 0.1) is 10.1 Å². The van der Waals surface area contributed by atoms with Gasteiger partial charge in [-0.05, 0) is 30.7 Å². The van der Waals surface area contributed by atoms with Crippen LogP contribution in [0.5, 0.6) is 17.2 Å². The number of nitrogens with zero attached hydrogens (tertiary/aromatic N) is 3. The highest BCUT2D eigenvalue weighted by Gasteiger charge is 2.35. The van der Waals surface area contributed by atoms with Crippen molar-refractivity contribution < 1.29 is 58.7 Å². The maximum absolute atomic E-state index is 13.6. The third-order valence-electron chi connectivity index (χ3n) is 5.56. The molecule has 0 aliphatic rings. The zero-order valence-electron chi connectivity index (χ0n) is 22.7. The Bertz CT molecular complexity index is 1650. The van der Waals surface area contributed by atoms with Crippen molar-refractivity contribution in [2.24, 2.45) is 0 Å². The molecule has 0 bridgehead atoms. The first kappa shape index (κ1) is 33.8. The maximum Gasteiger partial charge on any atom is 0.433 e. The van der Waals surface area contributed by atoms with E-state index in [9.17, 15) is 49.7 Å². The molecule has 0 fully saturated rings. The Morgan fingerprint density at radius 2 is 1.66 bits per heavy atom. The number of non-ortho nitro benzene ring substituents is 1. The topological polar surface area (TPSA) is 160 Å². The highest BCUT2D eigenvalue weighted by Crippen LogP contribution is 2.35. The van der Waals surface area contributed by atoms with E-state index in [-0.39, 0.29) is 28.4 Å². The van der Waals surface area contributed by atoms with E-state index >= 15 is 0 Å². The van der Waals surface area contributed by atoms with E-state index in [1.54, 1.807) is 0 Å². The molecular formula is C25H22F6N4O8S. The van der Waals surface area contributed by atoms with Crippen LogP contribution >= 0.6 is 0 Å². The maximum atomic E-state index is 13.6. The summed E-state index contributed by atoms with van der Waals surface area (Å²) in [6.07, 6.45) is -10.8. The second-order valence-electron chi connectivity index (χ2n) is 8.84. The van der Waals surface area contributed by atoms with Gasteiger partial charge >= 0.3 is 12.4 Å². The lowest BCUT2D eigenvalue weighted by molar-refractivity contribution is -0.384. The first-order chi connectivity index (χ1) is 20.4. The Labute approximate surface area is 245 Å². The van der Waals surface area contributed by atoms with Crippen molar-refractivity contribution in [2.45, 2.75) is 30.4 Å². The average Bonchev–Trinajstić information content (AvgIpc) is 2.94. The van der Waals surface area contributed by atoms with Gasteiger partial charge in [0, 0.05) is 24.1 Å². The predicted octanol–water partition coefficient (Wildman–Crippen LogP) is 5.22. The molecule has 44 heavy (non-hydrogen) atoms. The van der Waals surface area contributed by atoms with E-state index in [4.69, 9.17) is 9.47 Å². The molecule has 0 radical (unpaired) electrons. The van der Waals surface area contributed by atoms with Crippen molar-refractivity contribution in [3.63, 3.8) is 0 Å². The number of hydrogen-bond acceptors (Lipinski definition) is 10. The minimum absolute atomic E-state index is 0.0573. The molecule has 238 valence electrons. The van der Waals surface area contributed by atoms with E-state index < -0.39 is 80.5 Å². The Morgan fingerprint density at radius 3 is 2.25 bits per heavy atom. The molecule has 0 aliphatic carbocycles. The van der Waals surface area contributed by atoms with Crippen LogP contribution in [0.4, 0.5) is 37.7 Å². The van der Waals surface area contributed by atoms with Gasteiger partial charge in [-0.15, -0.1) is 0 Å². The fourth-order valence-electron chi connectivity index (χ4n) is 3.60. The summed E-state index contributed by atoms with van der Waals surface area (Å²) in [6.45, 7) is -1.76. The number of nitro benzene ring substituents is 1. The summed E-state index contributed by atoms with van der Waals surface area (Å²) >= 11 is 0. The Hall–Kier alpha value is -4.68. The SMILES string of the molecule is COc1ccc(-c2cc(C(F)(F)F)nc(S(=O)(=O)CCCC(=O)Nc3cc(OCC(F)(F)F)cc([N+](=O)[O-])c3)n2)cc1OC. The van der Waals surface area contributed by atoms with Gasteiger partial charge in [0.15, 0.2) is 18.1 Å². The van der Waals surface area contributed by atoms with Crippen LogP contribution in [0.1, 0.15) is 18.5 Å². The van der Waals surface area contributed by atoms with Crippen molar-refractivity contribution >= 4 is 27.1 Å². The molecule has 0 saturated heterocycles. The standard InChI is InChI=1S/C25H22F6N4O8S/c1-41-19-6-5-14(8-20(19)42-2)18-12-21(25(29,30)31)34-23(33-18)44(39,40)7-3-4-22(36)32-15-9-16(35(37)38)11-17(10-15)43-13-24(26,27)28/h5-6,8-12H,3-4,7,13H2,1-2H3,(H,32,36). The quantitative estimate of drug-likeness (QED) is 0.119. The number of hydrogen-bond donors (Lipinski definition) is 1. The van der Waals surface area contributed by atoms with Gasteiger partial charge in [0.1, 0.15) is 11.4 Å². The molecule has 1 N–H and O–H groups in total. The van der Waals surface area contributed by atoms with Gasteiger partial charge in [-0.1, -0.05) is 0 Å². The van der Waals surface area contributed by atoms with E-state index in [2.05, 4.69) is 20.0 Å². The van der Waals surface area contributed by atoms with Gasteiger partial charge in [-0.25, -0.2) is 18.4 Å². The number of amides is 1. The van der Waals surface area contributed by atoms with Crippen LogP contribution in [0.25, 0.3) is 11.3 Å². The highest BCUT2D eigenvalue weighted by molar-refractivity contribution is 7.91. The van der Waals surface area contributed by atoms with Gasteiger partial charge < -0.3 is 19.5 Å². The Kier molecular flexibility index (Phi) is 10.2. The number of benzene rings is 2. The number of halogens is 6. The fourth-order valence-corrected chi connectivity index (χ4v) is 4.78. The van der Waals surface area contributed by atoms with Crippen LogP contribution in [-0.2, 0) is 20.8 Å². The predicted molar refractivity (Wildman–Crippen MR) is 140 cm³/mol. The Balaban J connectivity index is 1.78. The van der Waals surface area contributed by atoms with Gasteiger partial charge in [-0.3, -0.25) is 14.9 Å². The largest absolute Gasteiger partial charge is 0.493 e. The summed E-state index contributed by atoms with van der Waals surface area (Å²) in [5.41, 5.74) is -2.89. The lowest BCUT2D eigenvalue weighted by Crippen LogP contribution is -2.19. The van der Waals surface area contributed by atoms with Gasteiger partial charge in [-0.2, -0.15) is 26.3 Å². The number of nitrogens with one attached hydrogen (secondary N) is 1. The molecule has 2 aromatic carbocycles. The number of sulfone groups is 1. The number of methoxy groups -OCH3 is 2. The summed E-state index contributed by atoms with van der Waals surface area (Å²) in [6, 6.07) is 6.98. The van der Waals surface area contributed by atoms with E-state index in [1.165, 1.54) is 32.4 Å². The van der Waals surface area contributed by atoms with Crippen molar-refractivity contribution in [3.05, 3.63) is 58.3 Å². The third-order valence-corrected chi connectivity index (χ3v) is 7.12. The molecule has 0 aliphatic heterocycles. The Morgan fingerprint density at radius 1 is 0.977 bits per heavy atom. The monoisotopic (exact) mass is 652 g/mol. The molecule has 1 amide bonds. The van der Waals surface area contributed by atoms with E-state index in [0.717, 1.165) is 12.1 Å². The van der Waals surface area contributed by atoms with Gasteiger partial charge in [0.25, 0.3) is 5.69 Å². The first-order valence-electron chi connectivity index (χ1n) is 12.1. The number of nitro groups is 1. The zero-order valence-corrected chi connectivity index (χ0v) is 23.5. The molecule has 19 heteroatoms. The number of aromatic nitrogens is 2. The molecular weight excluding hydrogens is 630 g/mol. The summed E-state index contributed by atoms with van der Waals surface area (Å²) in [4.78, 5) is 29.5. The number of anilines is 1. The number of carbonyl (C=O) groups excluding carboxylic acids is 1. The number of ether oxygens (including phenoxy) is 3. The molecule has 0 spiro atoms. The molecule has 1 heterocycles. The molecule has 12 nitrogen and oxygen atoms in total. The van der Waals surface area contributed by atoms with Crippen LogP contribution in [0.15, 0.2) is 47.6 Å². The van der Waals surface area contributed by atoms with Crippen LogP contribution < -0.4 is 19.5 Å². The van der Waals surface area contributed by atoms with Crippen molar-refractivity contribution in [1.82, 2.24) is 9.97 Å². The van der Waals surface area contributed by atoms with Crippen LogP contribution in [0.2, 0.25) is 0 Å². The lowest BCUT2D eigenvalue weighted by atomic mass is 10.1. The lowest BCUT2D eigenvalue weighted by Gasteiger charge is -2.13. The minimum Gasteiger partial charge on any atom is -0.493 e. The fraction of sp³-hybridized carbons (Fsp3) is 0.320. The number of alkyl halides is 6. The smallest absolute Gasteiger partial charge is 0.433 e. The van der Waals surface area contributed by atoms with Crippen molar-refractivity contribution in [2.75, 3.05) is 31.9 Å². The molecule has 0 atom stereocenters. The van der Waals surface area contributed by atoms with Gasteiger partial charge in [0.2, 0.25) is 20.9 Å². The molecule has 0 saturated carbocycles. The van der Waals surface area contributed by atoms with E-state index in [1.807, 2.05) is 0 Å². The summed E-state index contributed by atoms with van der Waals surface area (Å²) in [5.74, 6) is -1.96. The second-order valence-corrected chi connectivity index (χ2v) is 10.8. The second kappa shape index (κ2) is 13.3. The summed E-state index contributed by atoms with van der Waals surface area (Å²) < 4.78 is 119. The molecule has 0 unspecified atom stereocenters. The highest BCUT2D eigenvalue weighted by atomic mass is 32.2. The van der Waals surface area contributed by atoms with Crippen LogP contribution in [0.3, 0.4) is 0 Å². The normalized spacial score (nSPS) is 12.0. The van der Waals surface area contributed by atoms with Crippen molar-refractivity contribution in [3.8, 4) is 28.5 Å². The summed E-state index contributed by atoms with van der Waals surface area (Å²) in [5, 5.41) is 12.2. The average molecular weight is 653 g/mol. The van der Waals surface area contributed by atoms with E-state index in [0.29, 0.717) is 12.1 Å². The van der Waals surface area contributed by atoms with Gasteiger partial charge in [0.05, 0.1) is 42.3 Å². The minimum atomic E-state index is -5.04. The summed E-state index contributed by atoms with van der Waals surface area (Å²) in [7, 11) is -1.97. The first-order valence-corrected chi connectivity index (χ1v) is 13.8. The molecule has 3 rings (SSSR count). The van der Waals surface area contributed by atoms with Crippen LogP contribution in [-0.4, -0.2) is 62.0 Å². The third kappa shape index (κ3) is 9.16. The van der Waals surface area contributed by atoms with Crippen molar-refractivity contribution in [1.29, 1.82) is 0 Å². The number of rotatable bonds is 12. The molecule has 1 aromatic heterocycles.